The zero-order valence-corrected chi connectivity index (χ0v) is 7.56. The van der Waals surface area contributed by atoms with Crippen molar-refractivity contribution in [3.05, 3.63) is 18.5 Å². The van der Waals surface area contributed by atoms with Crippen LogP contribution in [-0.2, 0) is 11.3 Å². The molecule has 2 N–H and O–H groups in total. The van der Waals surface area contributed by atoms with Crippen molar-refractivity contribution in [3.8, 4) is 0 Å². The molecule has 1 aromatic rings. The third-order valence-corrected chi connectivity index (χ3v) is 1.89. The first kappa shape index (κ1) is 10.1. The van der Waals surface area contributed by atoms with Gasteiger partial charge in [-0.05, 0) is 6.07 Å². The van der Waals surface area contributed by atoms with E-state index in [4.69, 9.17) is 10.5 Å². The van der Waals surface area contributed by atoms with Gasteiger partial charge in [0.05, 0.1) is 12.6 Å². The molecule has 0 saturated carbocycles. The van der Waals surface area contributed by atoms with Gasteiger partial charge in [0, 0.05) is 19.5 Å². The fraction of sp³-hybridized carbons (Fsp3) is 0.625. The van der Waals surface area contributed by atoms with Crippen LogP contribution in [0.3, 0.4) is 0 Å². The lowest BCUT2D eigenvalue weighted by molar-refractivity contribution is 0.0534. The lowest BCUT2D eigenvalue weighted by Gasteiger charge is -2.19. The molecule has 13 heavy (non-hydrogen) atoms. The van der Waals surface area contributed by atoms with Crippen LogP contribution in [-0.4, -0.2) is 35.7 Å². The monoisotopic (exact) mass is 187 g/mol. The number of nitrogens with zero attached hydrogens (tertiary/aromatic N) is 2. The molecule has 0 aliphatic carbocycles. The lowest BCUT2D eigenvalue weighted by atomic mass is 10.2. The molecule has 0 amide bonds. The van der Waals surface area contributed by atoms with E-state index in [1.807, 2.05) is 0 Å². The molecule has 0 aliphatic heterocycles. The van der Waals surface area contributed by atoms with Crippen LogP contribution in [0.25, 0.3) is 0 Å². The second-order valence-electron chi connectivity index (χ2n) is 2.82. The van der Waals surface area contributed by atoms with Crippen molar-refractivity contribution < 1.29 is 9.13 Å². The van der Waals surface area contributed by atoms with Gasteiger partial charge in [-0.1, -0.05) is 0 Å². The van der Waals surface area contributed by atoms with E-state index < -0.39 is 12.8 Å². The van der Waals surface area contributed by atoms with Crippen LogP contribution in [0.5, 0.6) is 0 Å². The van der Waals surface area contributed by atoms with Crippen molar-refractivity contribution in [1.29, 1.82) is 0 Å². The van der Waals surface area contributed by atoms with Crippen LogP contribution in [0.2, 0.25) is 0 Å². The van der Waals surface area contributed by atoms with Crippen molar-refractivity contribution >= 4 is 0 Å². The summed E-state index contributed by atoms with van der Waals surface area (Å²) < 4.78 is 18.8. The van der Waals surface area contributed by atoms with E-state index in [1.165, 1.54) is 7.11 Å². The van der Waals surface area contributed by atoms with E-state index in [1.54, 1.807) is 23.1 Å². The predicted molar refractivity (Wildman–Crippen MR) is 47.0 cm³/mol. The summed E-state index contributed by atoms with van der Waals surface area (Å²) in [5, 5.41) is 3.97. The first-order chi connectivity index (χ1) is 6.27. The van der Waals surface area contributed by atoms with E-state index in [2.05, 4.69) is 5.10 Å². The molecule has 2 unspecified atom stereocenters. The van der Waals surface area contributed by atoms with Gasteiger partial charge < -0.3 is 10.5 Å². The Hall–Kier alpha value is -0.940. The van der Waals surface area contributed by atoms with E-state index in [9.17, 15) is 4.39 Å². The van der Waals surface area contributed by atoms with Crippen LogP contribution in [0.1, 0.15) is 0 Å². The number of alkyl halides is 1. The summed E-state index contributed by atoms with van der Waals surface area (Å²) in [5.74, 6) is 0. The molecule has 2 atom stereocenters. The second-order valence-corrected chi connectivity index (χ2v) is 2.82. The number of halogens is 1. The van der Waals surface area contributed by atoms with Gasteiger partial charge in [-0.2, -0.15) is 5.10 Å². The molecule has 0 aromatic carbocycles. The van der Waals surface area contributed by atoms with Crippen LogP contribution in [0, 0.1) is 0 Å². The molecule has 0 fully saturated rings. The summed E-state index contributed by atoms with van der Waals surface area (Å²) in [4.78, 5) is 0. The Labute approximate surface area is 76.5 Å². The van der Waals surface area contributed by atoms with Gasteiger partial charge in [-0.15, -0.1) is 0 Å². The maximum atomic E-state index is 12.3. The Morgan fingerprint density at radius 3 is 2.92 bits per heavy atom. The second kappa shape index (κ2) is 4.94. The zero-order chi connectivity index (χ0) is 9.68. The largest absolute Gasteiger partial charge is 0.377 e. The molecule has 0 radical (unpaired) electrons. The summed E-state index contributed by atoms with van der Waals surface area (Å²) >= 11 is 0. The average Bonchev–Trinajstić information content (AvgIpc) is 2.59. The molecule has 1 aromatic heterocycles. The average molecular weight is 187 g/mol. The smallest absolute Gasteiger partial charge is 0.117 e. The van der Waals surface area contributed by atoms with Gasteiger partial charge in [0.1, 0.15) is 12.8 Å². The minimum Gasteiger partial charge on any atom is -0.377 e. The molecular formula is C8H14FN3O. The van der Waals surface area contributed by atoms with Crippen LogP contribution in [0.15, 0.2) is 18.5 Å². The number of aromatic nitrogens is 2. The van der Waals surface area contributed by atoms with Crippen molar-refractivity contribution in [2.24, 2.45) is 5.73 Å². The lowest BCUT2D eigenvalue weighted by Crippen LogP contribution is -2.41. The number of hydrogen-bond donors (Lipinski definition) is 1. The summed E-state index contributed by atoms with van der Waals surface area (Å²) in [6, 6.07) is 1.43. The molecule has 1 heterocycles. The molecule has 74 valence electrons. The third-order valence-electron chi connectivity index (χ3n) is 1.89. The SMILES string of the molecule is COC(CF)C(N)Cn1cccn1. The molecule has 0 spiro atoms. The third kappa shape index (κ3) is 2.78. The van der Waals surface area contributed by atoms with Gasteiger partial charge >= 0.3 is 0 Å². The van der Waals surface area contributed by atoms with Gasteiger partial charge in [0.15, 0.2) is 0 Å². The number of hydrogen-bond acceptors (Lipinski definition) is 3. The van der Waals surface area contributed by atoms with Gasteiger partial charge in [-0.25, -0.2) is 4.39 Å². The van der Waals surface area contributed by atoms with Crippen molar-refractivity contribution in [2.45, 2.75) is 18.7 Å². The van der Waals surface area contributed by atoms with Crippen LogP contribution < -0.4 is 5.73 Å². The molecule has 5 heteroatoms. The summed E-state index contributed by atoms with van der Waals surface area (Å²) in [6.45, 7) is -0.103. The summed E-state index contributed by atoms with van der Waals surface area (Å²) in [5.41, 5.74) is 5.70. The molecule has 0 bridgehead atoms. The molecule has 4 nitrogen and oxygen atoms in total. The van der Waals surface area contributed by atoms with Gasteiger partial charge in [-0.3, -0.25) is 4.68 Å². The van der Waals surface area contributed by atoms with Gasteiger partial charge in [0.25, 0.3) is 0 Å². The number of rotatable bonds is 5. The standard InChI is InChI=1S/C8H14FN3O/c1-13-8(5-9)7(10)6-12-4-2-3-11-12/h2-4,7-8H,5-6,10H2,1H3. The fourth-order valence-electron chi connectivity index (χ4n) is 1.09. The Balaban J connectivity index is 2.44. The highest BCUT2D eigenvalue weighted by atomic mass is 19.1. The van der Waals surface area contributed by atoms with E-state index in [0.29, 0.717) is 6.54 Å². The minimum absolute atomic E-state index is 0.366. The number of nitrogens with two attached hydrogens (primary N) is 1. The van der Waals surface area contributed by atoms with Crippen molar-refractivity contribution in [3.63, 3.8) is 0 Å². The Kier molecular flexibility index (Phi) is 3.85. The fourth-order valence-corrected chi connectivity index (χ4v) is 1.09. The quantitative estimate of drug-likeness (QED) is 0.716. The Bertz CT molecular complexity index is 223. The highest BCUT2D eigenvalue weighted by molar-refractivity contribution is 4.81. The molecule has 1 rings (SSSR count). The zero-order valence-electron chi connectivity index (χ0n) is 7.56. The highest BCUT2D eigenvalue weighted by Crippen LogP contribution is 1.99. The predicted octanol–water partition coefficient (Wildman–Crippen LogP) is 0.195. The molecule has 0 aliphatic rings. The highest BCUT2D eigenvalue weighted by Gasteiger charge is 2.17. The normalized spacial score (nSPS) is 15.6. The Morgan fingerprint density at radius 2 is 2.46 bits per heavy atom. The maximum Gasteiger partial charge on any atom is 0.117 e. The maximum absolute atomic E-state index is 12.3. The van der Waals surface area contributed by atoms with Crippen molar-refractivity contribution in [1.82, 2.24) is 9.78 Å². The van der Waals surface area contributed by atoms with E-state index >= 15 is 0 Å². The number of ether oxygens (including phenoxy) is 1. The Morgan fingerprint density at radius 1 is 1.69 bits per heavy atom. The molecule has 0 saturated heterocycles. The molecular weight excluding hydrogens is 173 g/mol. The van der Waals surface area contributed by atoms with Gasteiger partial charge in [0.2, 0.25) is 0 Å². The first-order valence-electron chi connectivity index (χ1n) is 4.09. The topological polar surface area (TPSA) is 53.1 Å². The summed E-state index contributed by atoms with van der Waals surface area (Å²) in [6.07, 6.45) is 2.89. The first-order valence-corrected chi connectivity index (χ1v) is 4.09. The van der Waals surface area contributed by atoms with Crippen LogP contribution in [0.4, 0.5) is 4.39 Å². The minimum atomic E-state index is -0.571. The van der Waals surface area contributed by atoms with E-state index in [-0.39, 0.29) is 6.04 Å². The van der Waals surface area contributed by atoms with E-state index in [0.717, 1.165) is 0 Å². The number of methoxy groups -OCH3 is 1. The summed E-state index contributed by atoms with van der Waals surface area (Å²) in [7, 11) is 1.45. The van der Waals surface area contributed by atoms with Crippen molar-refractivity contribution in [2.75, 3.05) is 13.8 Å². The van der Waals surface area contributed by atoms with Crippen LogP contribution >= 0.6 is 0 Å².